The van der Waals surface area contributed by atoms with E-state index in [1.807, 2.05) is 24.3 Å². The molecule has 3 amide bonds. The summed E-state index contributed by atoms with van der Waals surface area (Å²) in [5, 5.41) is -0.442. The number of benzene rings is 1. The monoisotopic (exact) mass is 427 g/mol. The minimum absolute atomic E-state index is 0.231. The van der Waals surface area contributed by atoms with Gasteiger partial charge in [0.1, 0.15) is 18.1 Å². The van der Waals surface area contributed by atoms with Crippen LogP contribution in [-0.4, -0.2) is 66.7 Å². The van der Waals surface area contributed by atoms with Gasteiger partial charge in [-0.15, -0.1) is 0 Å². The van der Waals surface area contributed by atoms with Crippen molar-refractivity contribution >= 4 is 40.6 Å². The number of rotatable bonds is 5. The number of imide groups is 1. The number of ether oxygens (including phenoxy) is 1. The van der Waals surface area contributed by atoms with Gasteiger partial charge in [-0.3, -0.25) is 19.3 Å². The highest BCUT2D eigenvalue weighted by molar-refractivity contribution is 8.18. The van der Waals surface area contributed by atoms with E-state index in [-0.39, 0.29) is 17.4 Å². The van der Waals surface area contributed by atoms with Gasteiger partial charge < -0.3 is 19.0 Å². The molecule has 0 N–H and O–H groups in total. The van der Waals surface area contributed by atoms with Crippen LogP contribution in [0, 0.1) is 0 Å². The second kappa shape index (κ2) is 8.66. The second-order valence-electron chi connectivity index (χ2n) is 6.85. The van der Waals surface area contributed by atoms with Gasteiger partial charge in [0.05, 0.1) is 18.3 Å². The summed E-state index contributed by atoms with van der Waals surface area (Å²) < 4.78 is 10.4. The van der Waals surface area contributed by atoms with E-state index in [2.05, 4.69) is 4.90 Å². The summed E-state index contributed by atoms with van der Waals surface area (Å²) in [4.78, 5) is 42.6. The minimum Gasteiger partial charge on any atom is -0.497 e. The van der Waals surface area contributed by atoms with Crippen molar-refractivity contribution < 1.29 is 23.5 Å². The molecule has 2 fully saturated rings. The van der Waals surface area contributed by atoms with Gasteiger partial charge in [-0.05, 0) is 48.2 Å². The molecule has 2 saturated heterocycles. The van der Waals surface area contributed by atoms with Crippen LogP contribution in [0.2, 0.25) is 0 Å². The number of hydrogen-bond donors (Lipinski definition) is 0. The number of anilines is 1. The van der Waals surface area contributed by atoms with E-state index in [1.54, 1.807) is 24.1 Å². The van der Waals surface area contributed by atoms with Crippen LogP contribution in [-0.2, 0) is 9.59 Å². The third kappa shape index (κ3) is 4.20. The van der Waals surface area contributed by atoms with Crippen molar-refractivity contribution in [2.45, 2.75) is 0 Å². The van der Waals surface area contributed by atoms with Crippen molar-refractivity contribution in [1.29, 1.82) is 0 Å². The second-order valence-corrected chi connectivity index (χ2v) is 7.84. The highest BCUT2D eigenvalue weighted by atomic mass is 32.2. The summed E-state index contributed by atoms with van der Waals surface area (Å²) >= 11 is 0.819. The molecule has 2 aromatic rings. The van der Waals surface area contributed by atoms with Gasteiger partial charge in [0.2, 0.25) is 5.91 Å². The predicted molar refractivity (Wildman–Crippen MR) is 113 cm³/mol. The maximum Gasteiger partial charge on any atom is 0.294 e. The number of nitrogens with zero attached hydrogens (tertiary/aromatic N) is 3. The zero-order chi connectivity index (χ0) is 21.1. The molecular formula is C21H21N3O5S. The van der Waals surface area contributed by atoms with Crippen molar-refractivity contribution in [2.75, 3.05) is 44.7 Å². The van der Waals surface area contributed by atoms with Gasteiger partial charge in [-0.1, -0.05) is 0 Å². The van der Waals surface area contributed by atoms with Crippen LogP contribution in [0.4, 0.5) is 10.5 Å². The van der Waals surface area contributed by atoms with Gasteiger partial charge >= 0.3 is 0 Å². The van der Waals surface area contributed by atoms with E-state index in [1.165, 1.54) is 12.3 Å². The normalized spacial score (nSPS) is 18.4. The molecule has 4 rings (SSSR count). The number of furan rings is 1. The highest BCUT2D eigenvalue weighted by Crippen LogP contribution is 2.32. The largest absolute Gasteiger partial charge is 0.497 e. The van der Waals surface area contributed by atoms with Crippen LogP contribution >= 0.6 is 11.8 Å². The Morgan fingerprint density at radius 1 is 1.13 bits per heavy atom. The Hall–Kier alpha value is -3.20. The quantitative estimate of drug-likeness (QED) is 0.679. The van der Waals surface area contributed by atoms with E-state index in [0.29, 0.717) is 31.9 Å². The summed E-state index contributed by atoms with van der Waals surface area (Å²) in [7, 11) is 1.63. The molecule has 0 bridgehead atoms. The average molecular weight is 427 g/mol. The number of methoxy groups -OCH3 is 1. The molecule has 156 valence electrons. The van der Waals surface area contributed by atoms with Crippen LogP contribution in [0.25, 0.3) is 6.08 Å². The Bertz CT molecular complexity index is 963. The van der Waals surface area contributed by atoms with Crippen molar-refractivity contribution in [2.24, 2.45) is 0 Å². The number of carbonyl (C=O) groups is 3. The number of hydrogen-bond acceptors (Lipinski definition) is 7. The topological polar surface area (TPSA) is 83.3 Å². The first-order valence-corrected chi connectivity index (χ1v) is 10.3. The highest BCUT2D eigenvalue weighted by Gasteiger charge is 2.37. The Kier molecular flexibility index (Phi) is 5.80. The Balaban J connectivity index is 1.33. The predicted octanol–water partition coefficient (Wildman–Crippen LogP) is 2.67. The number of piperazine rings is 1. The lowest BCUT2D eigenvalue weighted by Crippen LogP contribution is -2.51. The molecule has 8 nitrogen and oxygen atoms in total. The first-order chi connectivity index (χ1) is 14.5. The van der Waals surface area contributed by atoms with Gasteiger partial charge in [-0.2, -0.15) is 0 Å². The van der Waals surface area contributed by atoms with Crippen LogP contribution < -0.4 is 9.64 Å². The van der Waals surface area contributed by atoms with E-state index in [9.17, 15) is 14.4 Å². The minimum atomic E-state index is -0.466. The molecule has 1 aromatic carbocycles. The van der Waals surface area contributed by atoms with Crippen LogP contribution in [0.15, 0.2) is 52.0 Å². The standard InChI is InChI=1S/C21H21N3O5S/c1-28-16-6-4-15(5-7-16)22-8-10-23(11-9-22)19(25)14-24-20(26)18(30-21(24)27)13-17-3-2-12-29-17/h2-7,12-13H,8-11,14H2,1H3/b18-13+. The fraction of sp³-hybridized carbons (Fsp3) is 0.286. The van der Waals surface area contributed by atoms with E-state index in [4.69, 9.17) is 9.15 Å². The SMILES string of the molecule is COc1ccc(N2CCN(C(=O)CN3C(=O)S/C(=C/c4ccco4)C3=O)CC2)cc1. The maximum atomic E-state index is 12.7. The van der Waals surface area contributed by atoms with Crippen molar-refractivity contribution in [1.82, 2.24) is 9.80 Å². The summed E-state index contributed by atoms with van der Waals surface area (Å²) in [6.07, 6.45) is 3.01. The fourth-order valence-corrected chi connectivity index (χ4v) is 4.20. The zero-order valence-electron chi connectivity index (χ0n) is 16.4. The fourth-order valence-electron chi connectivity index (χ4n) is 3.38. The first kappa shape index (κ1) is 20.1. The van der Waals surface area contributed by atoms with Crippen LogP contribution in [0.5, 0.6) is 5.75 Å². The van der Waals surface area contributed by atoms with Crippen molar-refractivity contribution in [3.8, 4) is 5.75 Å². The molecule has 2 aliphatic rings. The van der Waals surface area contributed by atoms with Crippen molar-refractivity contribution in [3.63, 3.8) is 0 Å². The third-order valence-electron chi connectivity index (χ3n) is 5.05. The molecular weight excluding hydrogens is 406 g/mol. The Labute approximate surface area is 178 Å². The van der Waals surface area contributed by atoms with Gasteiger partial charge in [0.15, 0.2) is 0 Å². The molecule has 2 aliphatic heterocycles. The zero-order valence-corrected chi connectivity index (χ0v) is 17.3. The van der Waals surface area contributed by atoms with Crippen LogP contribution in [0.1, 0.15) is 5.76 Å². The summed E-state index contributed by atoms with van der Waals surface area (Å²) in [5.74, 6) is 0.588. The average Bonchev–Trinajstić information content (AvgIpc) is 3.38. The van der Waals surface area contributed by atoms with Crippen molar-refractivity contribution in [3.05, 3.63) is 53.3 Å². The maximum absolute atomic E-state index is 12.7. The molecule has 0 spiro atoms. The lowest BCUT2D eigenvalue weighted by Gasteiger charge is -2.36. The van der Waals surface area contributed by atoms with E-state index >= 15 is 0 Å². The van der Waals surface area contributed by atoms with E-state index in [0.717, 1.165) is 28.1 Å². The molecule has 30 heavy (non-hydrogen) atoms. The molecule has 0 unspecified atom stereocenters. The lowest BCUT2D eigenvalue weighted by molar-refractivity contribution is -0.136. The number of carbonyl (C=O) groups excluding carboxylic acids is 3. The van der Waals surface area contributed by atoms with Gasteiger partial charge in [0.25, 0.3) is 11.1 Å². The van der Waals surface area contributed by atoms with Gasteiger partial charge in [0, 0.05) is 37.9 Å². The molecule has 0 atom stereocenters. The number of amides is 3. The first-order valence-electron chi connectivity index (χ1n) is 9.51. The Morgan fingerprint density at radius 3 is 2.50 bits per heavy atom. The Morgan fingerprint density at radius 2 is 1.87 bits per heavy atom. The van der Waals surface area contributed by atoms with E-state index < -0.39 is 11.1 Å². The lowest BCUT2D eigenvalue weighted by atomic mass is 10.2. The third-order valence-corrected chi connectivity index (χ3v) is 5.96. The molecule has 9 heteroatoms. The molecule has 0 aliphatic carbocycles. The smallest absolute Gasteiger partial charge is 0.294 e. The molecule has 1 aromatic heterocycles. The number of thioether (sulfide) groups is 1. The molecule has 3 heterocycles. The summed E-state index contributed by atoms with van der Waals surface area (Å²) in [6.45, 7) is 2.17. The summed E-state index contributed by atoms with van der Waals surface area (Å²) in [6, 6.07) is 11.2. The summed E-state index contributed by atoms with van der Waals surface area (Å²) in [5.41, 5.74) is 1.07. The van der Waals surface area contributed by atoms with Gasteiger partial charge in [-0.25, -0.2) is 0 Å². The molecule has 0 radical (unpaired) electrons. The molecule has 0 saturated carbocycles. The van der Waals surface area contributed by atoms with Crippen LogP contribution in [0.3, 0.4) is 0 Å².